The molecule has 0 saturated heterocycles. The van der Waals surface area contributed by atoms with E-state index in [-0.39, 0.29) is 5.41 Å². The fraction of sp³-hybridized carbons (Fsp3) is 1.00. The van der Waals surface area contributed by atoms with Crippen LogP contribution in [0.2, 0.25) is 0 Å². The summed E-state index contributed by atoms with van der Waals surface area (Å²) in [5, 5.41) is 0. The minimum Gasteiger partial charge on any atom is -0.378 e. The zero-order chi connectivity index (χ0) is 12.0. The number of rotatable bonds is 5. The van der Waals surface area contributed by atoms with Crippen molar-refractivity contribution in [3.05, 3.63) is 0 Å². The molecule has 1 rings (SSSR count). The van der Waals surface area contributed by atoms with Gasteiger partial charge in [-0.1, -0.05) is 52.9 Å². The molecule has 1 nitrogen and oxygen atoms in total. The number of hydrogen-bond acceptors (Lipinski definition) is 1. The first kappa shape index (κ1) is 14.0. The summed E-state index contributed by atoms with van der Waals surface area (Å²) < 4.78 is 5.90. The molecule has 1 fully saturated rings. The molecule has 0 radical (unpaired) electrons. The lowest BCUT2D eigenvalue weighted by atomic mass is 9.86. The van der Waals surface area contributed by atoms with Gasteiger partial charge in [-0.15, -0.1) is 0 Å². The average molecular weight is 226 g/mol. The van der Waals surface area contributed by atoms with E-state index in [2.05, 4.69) is 27.7 Å². The molecule has 1 saturated carbocycles. The fourth-order valence-corrected chi connectivity index (χ4v) is 2.36. The second-order valence-corrected chi connectivity index (χ2v) is 6.53. The second-order valence-electron chi connectivity index (χ2n) is 6.53. The average Bonchev–Trinajstić information content (AvgIpc) is 2.24. The standard InChI is InChI=1S/C15H30O/c1-13(15(2,3)4)16-12-8-11-14-9-6-5-7-10-14/h13-14H,5-12H2,1-4H3. The van der Waals surface area contributed by atoms with Crippen molar-refractivity contribution in [3.8, 4) is 0 Å². The smallest absolute Gasteiger partial charge is 0.0595 e. The first-order valence-electron chi connectivity index (χ1n) is 7.12. The van der Waals surface area contributed by atoms with E-state index in [1.807, 2.05) is 0 Å². The van der Waals surface area contributed by atoms with Gasteiger partial charge in [-0.2, -0.15) is 0 Å². The van der Waals surface area contributed by atoms with Gasteiger partial charge in [-0.25, -0.2) is 0 Å². The third-order valence-corrected chi connectivity index (χ3v) is 4.07. The van der Waals surface area contributed by atoms with Crippen LogP contribution in [0.15, 0.2) is 0 Å². The van der Waals surface area contributed by atoms with Crippen molar-refractivity contribution < 1.29 is 4.74 Å². The molecule has 0 N–H and O–H groups in total. The SMILES string of the molecule is CC(OCCCC1CCCCC1)C(C)(C)C. The van der Waals surface area contributed by atoms with Gasteiger partial charge in [0.1, 0.15) is 0 Å². The van der Waals surface area contributed by atoms with Gasteiger partial charge < -0.3 is 4.74 Å². The van der Waals surface area contributed by atoms with E-state index in [0.29, 0.717) is 6.10 Å². The summed E-state index contributed by atoms with van der Waals surface area (Å²) in [6, 6.07) is 0. The molecule has 1 heteroatoms. The maximum atomic E-state index is 5.90. The Morgan fingerprint density at radius 1 is 1.12 bits per heavy atom. The molecular weight excluding hydrogens is 196 g/mol. The summed E-state index contributed by atoms with van der Waals surface area (Å²) >= 11 is 0. The molecule has 0 spiro atoms. The lowest BCUT2D eigenvalue weighted by molar-refractivity contribution is -0.00780. The quantitative estimate of drug-likeness (QED) is 0.612. The van der Waals surface area contributed by atoms with Crippen molar-refractivity contribution >= 4 is 0 Å². The third-order valence-electron chi connectivity index (χ3n) is 4.07. The minimum absolute atomic E-state index is 0.283. The highest BCUT2D eigenvalue weighted by Gasteiger charge is 2.20. The number of ether oxygens (including phenoxy) is 1. The van der Waals surface area contributed by atoms with Crippen molar-refractivity contribution in [3.63, 3.8) is 0 Å². The summed E-state index contributed by atoms with van der Waals surface area (Å²) in [6.45, 7) is 9.89. The predicted octanol–water partition coefficient (Wildman–Crippen LogP) is 4.80. The van der Waals surface area contributed by atoms with Crippen LogP contribution in [0.25, 0.3) is 0 Å². The Balaban J connectivity index is 2.02. The van der Waals surface area contributed by atoms with E-state index in [1.54, 1.807) is 0 Å². The van der Waals surface area contributed by atoms with Crippen molar-refractivity contribution in [2.75, 3.05) is 6.61 Å². The van der Waals surface area contributed by atoms with Crippen LogP contribution >= 0.6 is 0 Å². The Morgan fingerprint density at radius 2 is 1.75 bits per heavy atom. The van der Waals surface area contributed by atoms with Crippen molar-refractivity contribution in [2.24, 2.45) is 11.3 Å². The Hall–Kier alpha value is -0.0400. The summed E-state index contributed by atoms with van der Waals surface area (Å²) in [4.78, 5) is 0. The molecule has 0 aromatic heterocycles. The largest absolute Gasteiger partial charge is 0.378 e. The monoisotopic (exact) mass is 226 g/mol. The van der Waals surface area contributed by atoms with Gasteiger partial charge in [-0.05, 0) is 31.1 Å². The predicted molar refractivity (Wildman–Crippen MR) is 70.7 cm³/mol. The summed E-state index contributed by atoms with van der Waals surface area (Å²) in [5.74, 6) is 1.00. The second kappa shape index (κ2) is 6.64. The molecule has 1 atom stereocenters. The van der Waals surface area contributed by atoms with Crippen LogP contribution in [-0.2, 0) is 4.74 Å². The first-order chi connectivity index (χ1) is 7.50. The van der Waals surface area contributed by atoms with E-state index in [1.165, 1.54) is 44.9 Å². The summed E-state index contributed by atoms with van der Waals surface area (Å²) in [5.41, 5.74) is 0.283. The topological polar surface area (TPSA) is 9.23 Å². The van der Waals surface area contributed by atoms with Gasteiger partial charge in [-0.3, -0.25) is 0 Å². The van der Waals surface area contributed by atoms with Gasteiger partial charge >= 0.3 is 0 Å². The Labute approximate surface area is 102 Å². The van der Waals surface area contributed by atoms with Gasteiger partial charge in [0.2, 0.25) is 0 Å². The maximum Gasteiger partial charge on any atom is 0.0595 e. The summed E-state index contributed by atoms with van der Waals surface area (Å²) in [7, 11) is 0. The fourth-order valence-electron chi connectivity index (χ4n) is 2.36. The zero-order valence-corrected chi connectivity index (χ0v) is 11.7. The van der Waals surface area contributed by atoms with Crippen LogP contribution in [-0.4, -0.2) is 12.7 Å². The molecular formula is C15H30O. The molecule has 0 aromatic rings. The van der Waals surface area contributed by atoms with E-state index in [9.17, 15) is 0 Å². The lowest BCUT2D eigenvalue weighted by Crippen LogP contribution is -2.26. The van der Waals surface area contributed by atoms with E-state index < -0.39 is 0 Å². The molecule has 1 aliphatic carbocycles. The van der Waals surface area contributed by atoms with Crippen LogP contribution < -0.4 is 0 Å². The highest BCUT2D eigenvalue weighted by atomic mass is 16.5. The lowest BCUT2D eigenvalue weighted by Gasteiger charge is -2.28. The number of hydrogen-bond donors (Lipinski definition) is 0. The van der Waals surface area contributed by atoms with E-state index in [4.69, 9.17) is 4.74 Å². The van der Waals surface area contributed by atoms with Gasteiger partial charge in [0, 0.05) is 6.61 Å². The van der Waals surface area contributed by atoms with Gasteiger partial charge in [0.05, 0.1) is 6.10 Å². The maximum absolute atomic E-state index is 5.90. The van der Waals surface area contributed by atoms with E-state index >= 15 is 0 Å². The van der Waals surface area contributed by atoms with Gasteiger partial charge in [0.15, 0.2) is 0 Å². The molecule has 1 unspecified atom stereocenters. The highest BCUT2D eigenvalue weighted by Crippen LogP contribution is 2.27. The Morgan fingerprint density at radius 3 is 2.31 bits per heavy atom. The summed E-state index contributed by atoms with van der Waals surface area (Å²) in [6.07, 6.45) is 10.3. The minimum atomic E-state index is 0.283. The third kappa shape index (κ3) is 5.34. The molecule has 96 valence electrons. The van der Waals surface area contributed by atoms with Gasteiger partial charge in [0.25, 0.3) is 0 Å². The molecule has 0 heterocycles. The van der Waals surface area contributed by atoms with Crippen molar-refractivity contribution in [2.45, 2.75) is 78.7 Å². The molecule has 16 heavy (non-hydrogen) atoms. The molecule has 0 amide bonds. The van der Waals surface area contributed by atoms with E-state index in [0.717, 1.165) is 12.5 Å². The van der Waals surface area contributed by atoms with Crippen LogP contribution in [0.1, 0.15) is 72.6 Å². The Bertz CT molecular complexity index is 174. The Kier molecular flexibility index (Phi) is 5.82. The van der Waals surface area contributed by atoms with Crippen LogP contribution in [0.5, 0.6) is 0 Å². The molecule has 0 aliphatic heterocycles. The molecule has 0 aromatic carbocycles. The van der Waals surface area contributed by atoms with Crippen molar-refractivity contribution in [1.29, 1.82) is 0 Å². The normalized spacial score (nSPS) is 21.0. The van der Waals surface area contributed by atoms with Crippen LogP contribution in [0.4, 0.5) is 0 Å². The zero-order valence-electron chi connectivity index (χ0n) is 11.7. The van der Waals surface area contributed by atoms with Crippen LogP contribution in [0, 0.1) is 11.3 Å². The van der Waals surface area contributed by atoms with Crippen molar-refractivity contribution in [1.82, 2.24) is 0 Å². The highest BCUT2D eigenvalue weighted by molar-refractivity contribution is 4.70. The van der Waals surface area contributed by atoms with Crippen LogP contribution in [0.3, 0.4) is 0 Å². The molecule has 1 aliphatic rings. The first-order valence-corrected chi connectivity index (χ1v) is 7.12. The molecule has 0 bridgehead atoms.